The number of anilines is 1. The van der Waals surface area contributed by atoms with Crippen molar-refractivity contribution in [1.82, 2.24) is 4.90 Å². The zero-order chi connectivity index (χ0) is 27.2. The Morgan fingerprint density at radius 3 is 2.53 bits per heavy atom. The number of imide groups is 1. The molecule has 3 aromatic rings. The van der Waals surface area contributed by atoms with Crippen molar-refractivity contribution in [3.63, 3.8) is 0 Å². The van der Waals surface area contributed by atoms with Crippen molar-refractivity contribution in [2.45, 2.75) is 13.5 Å². The molecule has 0 aliphatic carbocycles. The third-order valence-corrected chi connectivity index (χ3v) is 6.41. The number of carbonyl (C=O) groups excluding carboxylic acids is 3. The molecule has 1 aliphatic heterocycles. The van der Waals surface area contributed by atoms with E-state index in [9.17, 15) is 24.5 Å². The Morgan fingerprint density at radius 2 is 1.84 bits per heavy atom. The van der Waals surface area contributed by atoms with Crippen LogP contribution in [0.4, 0.5) is 16.2 Å². The number of aryl methyl sites for hydroxylation is 1. The summed E-state index contributed by atoms with van der Waals surface area (Å²) >= 11 is 0.754. The van der Waals surface area contributed by atoms with Crippen LogP contribution in [0.25, 0.3) is 6.08 Å². The first-order valence-corrected chi connectivity index (χ1v) is 12.2. The molecule has 0 atom stereocenters. The molecule has 0 radical (unpaired) electrons. The molecule has 194 valence electrons. The number of benzene rings is 3. The number of non-ortho nitro benzene ring substituents is 1. The normalized spacial score (nSPS) is 14.1. The van der Waals surface area contributed by atoms with Gasteiger partial charge in [0.15, 0.2) is 11.5 Å². The van der Waals surface area contributed by atoms with E-state index < -0.39 is 28.5 Å². The second-order valence-electron chi connectivity index (χ2n) is 8.31. The van der Waals surface area contributed by atoms with Gasteiger partial charge in [0.05, 0.1) is 16.9 Å². The minimum Gasteiger partial charge on any atom is -0.493 e. The van der Waals surface area contributed by atoms with Crippen LogP contribution in [0.15, 0.2) is 71.6 Å². The van der Waals surface area contributed by atoms with Crippen molar-refractivity contribution in [3.8, 4) is 11.5 Å². The second-order valence-corrected chi connectivity index (χ2v) is 9.30. The highest BCUT2D eigenvalue weighted by Gasteiger charge is 2.36. The molecule has 0 aromatic heterocycles. The summed E-state index contributed by atoms with van der Waals surface area (Å²) in [5, 5.41) is 13.0. The average molecular weight is 534 g/mol. The molecule has 4 rings (SSSR count). The predicted molar refractivity (Wildman–Crippen MR) is 143 cm³/mol. The van der Waals surface area contributed by atoms with Crippen LogP contribution in [0, 0.1) is 17.0 Å². The summed E-state index contributed by atoms with van der Waals surface area (Å²) in [6.07, 6.45) is 1.55. The predicted octanol–water partition coefficient (Wildman–Crippen LogP) is 5.17. The van der Waals surface area contributed by atoms with Crippen molar-refractivity contribution < 1.29 is 28.8 Å². The lowest BCUT2D eigenvalue weighted by Crippen LogP contribution is -2.36. The van der Waals surface area contributed by atoms with E-state index in [4.69, 9.17) is 9.47 Å². The van der Waals surface area contributed by atoms with Gasteiger partial charge in [0.1, 0.15) is 13.2 Å². The van der Waals surface area contributed by atoms with Gasteiger partial charge in [-0.3, -0.25) is 29.4 Å². The molecule has 1 aliphatic rings. The summed E-state index contributed by atoms with van der Waals surface area (Å²) in [7, 11) is 1.47. The molecule has 0 saturated carbocycles. The highest BCUT2D eigenvalue weighted by molar-refractivity contribution is 8.18. The van der Waals surface area contributed by atoms with Crippen LogP contribution >= 0.6 is 11.8 Å². The summed E-state index contributed by atoms with van der Waals surface area (Å²) < 4.78 is 11.2. The van der Waals surface area contributed by atoms with E-state index in [1.54, 1.807) is 54.6 Å². The molecule has 11 heteroatoms. The van der Waals surface area contributed by atoms with Crippen molar-refractivity contribution >= 4 is 46.3 Å². The standard InChI is InChI=1S/C27H23N3O7S/c1-17-4-3-5-20(12-17)28-25(31)15-29-26(32)24(38-27(29)33)14-19-8-11-22(23(13-19)36-2)37-16-18-6-9-21(10-7-18)30(34)35/h3-14H,15-16H2,1-2H3,(H,28,31)/b24-14+. The summed E-state index contributed by atoms with van der Waals surface area (Å²) in [6.45, 7) is 1.66. The topological polar surface area (TPSA) is 128 Å². The lowest BCUT2D eigenvalue weighted by atomic mass is 10.1. The zero-order valence-electron chi connectivity index (χ0n) is 20.5. The first kappa shape index (κ1) is 26.4. The Bertz CT molecular complexity index is 1440. The van der Waals surface area contributed by atoms with Gasteiger partial charge in [-0.2, -0.15) is 0 Å². The molecule has 38 heavy (non-hydrogen) atoms. The number of hydrogen-bond donors (Lipinski definition) is 1. The van der Waals surface area contributed by atoms with E-state index >= 15 is 0 Å². The molecular weight excluding hydrogens is 510 g/mol. The van der Waals surface area contributed by atoms with Gasteiger partial charge in [-0.25, -0.2) is 0 Å². The minimum atomic E-state index is -0.558. The highest BCUT2D eigenvalue weighted by atomic mass is 32.2. The van der Waals surface area contributed by atoms with E-state index in [1.165, 1.54) is 19.2 Å². The summed E-state index contributed by atoms with van der Waals surface area (Å²) in [4.78, 5) is 49.1. The van der Waals surface area contributed by atoms with Gasteiger partial charge in [-0.1, -0.05) is 18.2 Å². The lowest BCUT2D eigenvalue weighted by molar-refractivity contribution is -0.384. The number of carbonyl (C=O) groups is 3. The van der Waals surface area contributed by atoms with Crippen LogP contribution in [-0.2, 0) is 16.2 Å². The van der Waals surface area contributed by atoms with Gasteiger partial charge in [0, 0.05) is 17.8 Å². The number of rotatable bonds is 9. The van der Waals surface area contributed by atoms with Crippen LogP contribution in [0.1, 0.15) is 16.7 Å². The molecule has 10 nitrogen and oxygen atoms in total. The first-order valence-electron chi connectivity index (χ1n) is 11.4. The molecule has 1 saturated heterocycles. The number of nitro groups is 1. The van der Waals surface area contributed by atoms with Crippen molar-refractivity contribution in [1.29, 1.82) is 0 Å². The molecule has 0 spiro atoms. The van der Waals surface area contributed by atoms with E-state index in [0.717, 1.165) is 27.8 Å². The molecule has 1 heterocycles. The van der Waals surface area contributed by atoms with Crippen LogP contribution in [0.5, 0.6) is 11.5 Å². The maximum atomic E-state index is 12.8. The number of nitrogens with one attached hydrogen (secondary N) is 1. The highest BCUT2D eigenvalue weighted by Crippen LogP contribution is 2.35. The third kappa shape index (κ3) is 6.37. The number of methoxy groups -OCH3 is 1. The largest absolute Gasteiger partial charge is 0.493 e. The SMILES string of the molecule is COc1cc(/C=C2/SC(=O)N(CC(=O)Nc3cccc(C)c3)C2=O)ccc1OCc1ccc([N+](=O)[O-])cc1. The molecular formula is C27H23N3O7S. The maximum Gasteiger partial charge on any atom is 0.294 e. The van der Waals surface area contributed by atoms with Crippen molar-refractivity contribution in [2.24, 2.45) is 0 Å². The fraction of sp³-hybridized carbons (Fsp3) is 0.148. The van der Waals surface area contributed by atoms with E-state index in [1.807, 2.05) is 13.0 Å². The summed E-state index contributed by atoms with van der Waals surface area (Å²) in [6, 6.07) is 18.2. The fourth-order valence-corrected chi connectivity index (χ4v) is 4.46. The van der Waals surface area contributed by atoms with Crippen molar-refractivity contribution in [3.05, 3.63) is 98.4 Å². The van der Waals surface area contributed by atoms with E-state index in [-0.39, 0.29) is 17.2 Å². The monoisotopic (exact) mass is 533 g/mol. The van der Waals surface area contributed by atoms with Gasteiger partial charge in [0.25, 0.3) is 16.8 Å². The van der Waals surface area contributed by atoms with Gasteiger partial charge in [0.2, 0.25) is 5.91 Å². The van der Waals surface area contributed by atoms with Crippen LogP contribution < -0.4 is 14.8 Å². The molecule has 0 bridgehead atoms. The van der Waals surface area contributed by atoms with Crippen LogP contribution in [0.2, 0.25) is 0 Å². The van der Waals surface area contributed by atoms with Gasteiger partial charge in [-0.15, -0.1) is 0 Å². The first-order chi connectivity index (χ1) is 18.2. The number of hydrogen-bond acceptors (Lipinski definition) is 8. The Kier molecular flexibility index (Phi) is 8.07. The van der Waals surface area contributed by atoms with E-state index in [0.29, 0.717) is 22.7 Å². The quantitative estimate of drug-likeness (QED) is 0.227. The number of nitro benzene ring substituents is 1. The summed E-state index contributed by atoms with van der Waals surface area (Å²) in [5.41, 5.74) is 2.88. The Balaban J connectivity index is 1.41. The van der Waals surface area contributed by atoms with Gasteiger partial charge >= 0.3 is 0 Å². The number of thioether (sulfide) groups is 1. The number of nitrogens with zero attached hydrogens (tertiary/aromatic N) is 2. The van der Waals surface area contributed by atoms with Gasteiger partial charge < -0.3 is 14.8 Å². The smallest absolute Gasteiger partial charge is 0.294 e. The Morgan fingerprint density at radius 1 is 1.08 bits per heavy atom. The summed E-state index contributed by atoms with van der Waals surface area (Å²) in [5.74, 6) is -0.200. The van der Waals surface area contributed by atoms with Gasteiger partial charge in [-0.05, 0) is 77.9 Å². The van der Waals surface area contributed by atoms with Crippen molar-refractivity contribution in [2.75, 3.05) is 19.0 Å². The molecule has 3 aromatic carbocycles. The molecule has 3 amide bonds. The van der Waals surface area contributed by atoms with E-state index in [2.05, 4.69) is 5.32 Å². The zero-order valence-corrected chi connectivity index (χ0v) is 21.3. The lowest BCUT2D eigenvalue weighted by Gasteiger charge is -2.13. The minimum absolute atomic E-state index is 0.00740. The maximum absolute atomic E-state index is 12.8. The third-order valence-electron chi connectivity index (χ3n) is 5.50. The Hall–Kier alpha value is -4.64. The number of amides is 3. The molecule has 0 unspecified atom stereocenters. The van der Waals surface area contributed by atoms with Crippen LogP contribution in [0.3, 0.4) is 0 Å². The molecule has 1 N–H and O–H groups in total. The number of ether oxygens (including phenoxy) is 2. The average Bonchev–Trinajstić information content (AvgIpc) is 3.15. The second kappa shape index (κ2) is 11.6. The Labute approximate surface area is 222 Å². The molecule has 1 fully saturated rings. The van der Waals surface area contributed by atoms with Crippen LogP contribution in [-0.4, -0.2) is 40.5 Å². The fourth-order valence-electron chi connectivity index (χ4n) is 3.62.